The van der Waals surface area contributed by atoms with Crippen molar-refractivity contribution in [2.24, 2.45) is 22.9 Å². The molecule has 1 N–H and O–H groups in total. The quantitative estimate of drug-likeness (QED) is 0.654. The van der Waals surface area contributed by atoms with Gasteiger partial charge in [-0.1, -0.05) is 18.0 Å². The molecule has 4 nitrogen and oxygen atoms in total. The molecule has 124 valence electrons. The number of fused-ring (bicyclic) bond motifs is 2. The van der Waals surface area contributed by atoms with Crippen LogP contribution in [0.5, 0.6) is 5.75 Å². The van der Waals surface area contributed by atoms with Crippen LogP contribution in [0.15, 0.2) is 23.3 Å². The number of hydrazone groups is 1. The standard InChI is InChI=1S/C18H23ClN2O2/c1-11-7-15(19)5-6-17(11)23-10-18(22)21-20-12(2)16-9-13-3-4-14(16)8-13/h5-7,13-14,16H,3-4,8-10H2,1-2H3,(H,21,22). The maximum atomic E-state index is 11.9. The van der Waals surface area contributed by atoms with Gasteiger partial charge >= 0.3 is 0 Å². The maximum Gasteiger partial charge on any atom is 0.277 e. The molecule has 23 heavy (non-hydrogen) atoms. The summed E-state index contributed by atoms with van der Waals surface area (Å²) in [6.45, 7) is 3.88. The Balaban J connectivity index is 1.48. The molecule has 0 saturated heterocycles. The highest BCUT2D eigenvalue weighted by molar-refractivity contribution is 6.30. The van der Waals surface area contributed by atoms with Crippen LogP contribution < -0.4 is 10.2 Å². The summed E-state index contributed by atoms with van der Waals surface area (Å²) in [5.74, 6) is 2.63. The van der Waals surface area contributed by atoms with Gasteiger partial charge in [0.15, 0.2) is 6.61 Å². The van der Waals surface area contributed by atoms with Crippen molar-refractivity contribution in [3.8, 4) is 5.75 Å². The van der Waals surface area contributed by atoms with E-state index in [9.17, 15) is 4.79 Å². The second-order valence-electron chi connectivity index (χ2n) is 6.77. The SMILES string of the molecule is CC(=NNC(=O)COc1ccc(Cl)cc1C)C1CC2CCC1C2. The highest BCUT2D eigenvalue weighted by Gasteiger charge is 2.40. The second-order valence-corrected chi connectivity index (χ2v) is 7.20. The van der Waals surface area contributed by atoms with Gasteiger partial charge in [-0.05, 0) is 68.7 Å². The summed E-state index contributed by atoms with van der Waals surface area (Å²) in [5, 5.41) is 4.95. The first kappa shape index (κ1) is 16.3. The average molecular weight is 335 g/mol. The molecule has 2 aliphatic carbocycles. The van der Waals surface area contributed by atoms with Crippen molar-refractivity contribution in [2.45, 2.75) is 39.5 Å². The normalized spacial score (nSPS) is 26.4. The Labute approximate surface area is 142 Å². The minimum Gasteiger partial charge on any atom is -0.483 e. The summed E-state index contributed by atoms with van der Waals surface area (Å²) < 4.78 is 5.52. The van der Waals surface area contributed by atoms with E-state index in [2.05, 4.69) is 10.5 Å². The summed E-state index contributed by atoms with van der Waals surface area (Å²) in [6.07, 6.45) is 5.25. The molecule has 0 spiro atoms. The fourth-order valence-corrected chi connectivity index (χ4v) is 4.17. The molecule has 0 aliphatic heterocycles. The van der Waals surface area contributed by atoms with Crippen LogP contribution in [-0.4, -0.2) is 18.2 Å². The Morgan fingerprint density at radius 3 is 2.87 bits per heavy atom. The maximum absolute atomic E-state index is 11.9. The molecular weight excluding hydrogens is 312 g/mol. The number of nitrogens with one attached hydrogen (secondary N) is 1. The molecule has 2 saturated carbocycles. The van der Waals surface area contributed by atoms with Gasteiger partial charge in [-0.15, -0.1) is 0 Å². The van der Waals surface area contributed by atoms with Gasteiger partial charge in [-0.3, -0.25) is 4.79 Å². The van der Waals surface area contributed by atoms with Crippen LogP contribution in [0.1, 0.15) is 38.2 Å². The highest BCUT2D eigenvalue weighted by atomic mass is 35.5. The Kier molecular flexibility index (Phi) is 4.90. The summed E-state index contributed by atoms with van der Waals surface area (Å²) >= 11 is 5.90. The lowest BCUT2D eigenvalue weighted by Crippen LogP contribution is -2.28. The van der Waals surface area contributed by atoms with Gasteiger partial charge in [0.05, 0.1) is 0 Å². The summed E-state index contributed by atoms with van der Waals surface area (Å²) in [7, 11) is 0. The van der Waals surface area contributed by atoms with Crippen molar-refractivity contribution < 1.29 is 9.53 Å². The first-order valence-corrected chi connectivity index (χ1v) is 8.62. The van der Waals surface area contributed by atoms with E-state index in [0.717, 1.165) is 23.1 Å². The van der Waals surface area contributed by atoms with Crippen LogP contribution in [0.2, 0.25) is 5.02 Å². The fraction of sp³-hybridized carbons (Fsp3) is 0.556. The third-order valence-corrected chi connectivity index (χ3v) is 5.36. The van der Waals surface area contributed by atoms with E-state index in [1.165, 1.54) is 25.7 Å². The van der Waals surface area contributed by atoms with E-state index in [1.54, 1.807) is 12.1 Å². The second kappa shape index (κ2) is 6.91. The third kappa shape index (κ3) is 3.86. The van der Waals surface area contributed by atoms with Crippen molar-refractivity contribution in [3.05, 3.63) is 28.8 Å². The smallest absolute Gasteiger partial charge is 0.277 e. The molecule has 1 aromatic carbocycles. The molecule has 2 aliphatic rings. The molecule has 1 amide bonds. The van der Waals surface area contributed by atoms with Gasteiger partial charge in [-0.2, -0.15) is 5.10 Å². The van der Waals surface area contributed by atoms with E-state index in [1.807, 2.05) is 19.9 Å². The Hall–Kier alpha value is -1.55. The first-order chi connectivity index (χ1) is 11.0. The zero-order valence-electron chi connectivity index (χ0n) is 13.6. The number of hydrogen-bond acceptors (Lipinski definition) is 3. The van der Waals surface area contributed by atoms with E-state index in [-0.39, 0.29) is 12.5 Å². The van der Waals surface area contributed by atoms with Crippen LogP contribution in [0.4, 0.5) is 0 Å². The zero-order chi connectivity index (χ0) is 16.4. The topological polar surface area (TPSA) is 50.7 Å². The number of ether oxygens (including phenoxy) is 1. The predicted molar refractivity (Wildman–Crippen MR) is 91.9 cm³/mol. The lowest BCUT2D eigenvalue weighted by Gasteiger charge is -2.21. The van der Waals surface area contributed by atoms with Gasteiger partial charge < -0.3 is 4.74 Å². The Bertz CT molecular complexity index is 629. The zero-order valence-corrected chi connectivity index (χ0v) is 14.4. The van der Waals surface area contributed by atoms with E-state index in [4.69, 9.17) is 16.3 Å². The van der Waals surface area contributed by atoms with Crippen LogP contribution in [0.3, 0.4) is 0 Å². The summed E-state index contributed by atoms with van der Waals surface area (Å²) in [5.41, 5.74) is 4.58. The van der Waals surface area contributed by atoms with Crippen LogP contribution in [0.25, 0.3) is 0 Å². The summed E-state index contributed by atoms with van der Waals surface area (Å²) in [4.78, 5) is 11.9. The van der Waals surface area contributed by atoms with E-state index >= 15 is 0 Å². The van der Waals surface area contributed by atoms with Gasteiger partial charge in [0.1, 0.15) is 5.75 Å². The molecule has 3 atom stereocenters. The minimum absolute atomic E-state index is 0.0457. The molecule has 0 radical (unpaired) electrons. The third-order valence-electron chi connectivity index (χ3n) is 5.13. The molecular formula is C18H23ClN2O2. The lowest BCUT2D eigenvalue weighted by molar-refractivity contribution is -0.123. The molecule has 0 heterocycles. The number of aryl methyl sites for hydroxylation is 1. The van der Waals surface area contributed by atoms with Gasteiger partial charge in [-0.25, -0.2) is 5.43 Å². The number of halogens is 1. The van der Waals surface area contributed by atoms with Crippen molar-refractivity contribution in [3.63, 3.8) is 0 Å². The number of carbonyl (C=O) groups excluding carboxylic acids is 1. The number of amides is 1. The predicted octanol–water partition coefficient (Wildman–Crippen LogP) is 3.96. The van der Waals surface area contributed by atoms with Crippen LogP contribution >= 0.6 is 11.6 Å². The van der Waals surface area contributed by atoms with Gasteiger partial charge in [0, 0.05) is 16.7 Å². The van der Waals surface area contributed by atoms with Crippen molar-refractivity contribution in [1.82, 2.24) is 5.43 Å². The fourth-order valence-electron chi connectivity index (χ4n) is 3.94. The number of benzene rings is 1. The molecule has 3 rings (SSSR count). The number of hydrogen-bond donors (Lipinski definition) is 1. The van der Waals surface area contributed by atoms with Crippen molar-refractivity contribution >= 4 is 23.2 Å². The monoisotopic (exact) mass is 334 g/mol. The Morgan fingerprint density at radius 1 is 1.39 bits per heavy atom. The van der Waals surface area contributed by atoms with Crippen molar-refractivity contribution in [1.29, 1.82) is 0 Å². The molecule has 3 unspecified atom stereocenters. The number of rotatable bonds is 5. The van der Waals surface area contributed by atoms with Gasteiger partial charge in [0.25, 0.3) is 5.91 Å². The lowest BCUT2D eigenvalue weighted by atomic mass is 9.86. The largest absolute Gasteiger partial charge is 0.483 e. The van der Waals surface area contributed by atoms with Crippen LogP contribution in [-0.2, 0) is 4.79 Å². The van der Waals surface area contributed by atoms with Crippen LogP contribution in [0, 0.1) is 24.7 Å². The van der Waals surface area contributed by atoms with E-state index in [0.29, 0.717) is 16.7 Å². The molecule has 5 heteroatoms. The highest BCUT2D eigenvalue weighted by Crippen LogP contribution is 2.48. The Morgan fingerprint density at radius 2 is 2.22 bits per heavy atom. The van der Waals surface area contributed by atoms with Gasteiger partial charge in [0.2, 0.25) is 0 Å². The number of carbonyl (C=O) groups is 1. The summed E-state index contributed by atoms with van der Waals surface area (Å²) in [6, 6.07) is 5.33. The van der Waals surface area contributed by atoms with Crippen molar-refractivity contribution in [2.75, 3.05) is 6.61 Å². The number of nitrogens with zero attached hydrogens (tertiary/aromatic N) is 1. The molecule has 2 fully saturated rings. The van der Waals surface area contributed by atoms with E-state index < -0.39 is 0 Å². The molecule has 1 aromatic rings. The minimum atomic E-state index is -0.234. The first-order valence-electron chi connectivity index (χ1n) is 8.25. The molecule has 2 bridgehead atoms. The molecule has 0 aromatic heterocycles. The average Bonchev–Trinajstić information content (AvgIpc) is 3.14.